The Morgan fingerprint density at radius 1 is 1.35 bits per heavy atom. The molecule has 0 spiro atoms. The average Bonchev–Trinajstić information content (AvgIpc) is 2.45. The molecule has 1 amide bonds. The van der Waals surface area contributed by atoms with Crippen molar-refractivity contribution in [3.05, 3.63) is 23.8 Å². The number of amides is 1. The van der Waals surface area contributed by atoms with Crippen molar-refractivity contribution in [1.29, 1.82) is 5.26 Å². The molecule has 0 fully saturated rings. The summed E-state index contributed by atoms with van der Waals surface area (Å²) in [5.74, 6) is 0.967. The topological polar surface area (TPSA) is 64.9 Å². The lowest BCUT2D eigenvalue weighted by atomic mass is 10.2. The lowest BCUT2D eigenvalue weighted by Gasteiger charge is -2.11. The maximum Gasteiger partial charge on any atom is 0.221 e. The zero-order valence-corrected chi connectivity index (χ0v) is 12.8. The van der Waals surface area contributed by atoms with Crippen LogP contribution in [0.5, 0.6) is 0 Å². The fourth-order valence-corrected chi connectivity index (χ4v) is 2.52. The van der Waals surface area contributed by atoms with Crippen molar-refractivity contribution in [2.75, 3.05) is 24.2 Å². The van der Waals surface area contributed by atoms with E-state index in [0.29, 0.717) is 25.1 Å². The van der Waals surface area contributed by atoms with Gasteiger partial charge in [0.15, 0.2) is 0 Å². The predicted octanol–water partition coefficient (Wildman–Crippen LogP) is 3.00. The van der Waals surface area contributed by atoms with E-state index in [0.717, 1.165) is 22.8 Å². The van der Waals surface area contributed by atoms with Gasteiger partial charge in [-0.25, -0.2) is 0 Å². The fraction of sp³-hybridized carbons (Fsp3) is 0.467. The molecule has 0 heterocycles. The number of carbonyl (C=O) groups excluding carboxylic acids is 1. The SMILES string of the molecule is CCCNC(=O)CCNc1cccc(SCC)c1C#N. The van der Waals surface area contributed by atoms with Gasteiger partial charge in [0, 0.05) is 24.4 Å². The summed E-state index contributed by atoms with van der Waals surface area (Å²) in [6.07, 6.45) is 1.35. The second-order valence-electron chi connectivity index (χ2n) is 4.25. The van der Waals surface area contributed by atoms with Gasteiger partial charge in [0.25, 0.3) is 0 Å². The number of nitrogens with zero attached hydrogens (tertiary/aromatic N) is 1. The summed E-state index contributed by atoms with van der Waals surface area (Å²) in [5, 5.41) is 15.3. The van der Waals surface area contributed by atoms with Gasteiger partial charge in [-0.2, -0.15) is 5.26 Å². The van der Waals surface area contributed by atoms with Crippen LogP contribution in [0.4, 0.5) is 5.69 Å². The number of hydrogen-bond donors (Lipinski definition) is 2. The van der Waals surface area contributed by atoms with Crippen LogP contribution in [0.2, 0.25) is 0 Å². The van der Waals surface area contributed by atoms with Crippen molar-refractivity contribution in [2.45, 2.75) is 31.6 Å². The van der Waals surface area contributed by atoms with E-state index in [1.807, 2.05) is 25.1 Å². The Morgan fingerprint density at radius 2 is 2.15 bits per heavy atom. The first-order valence-electron chi connectivity index (χ1n) is 6.89. The van der Waals surface area contributed by atoms with E-state index < -0.39 is 0 Å². The molecule has 0 saturated heterocycles. The van der Waals surface area contributed by atoms with Gasteiger partial charge in [-0.1, -0.05) is 19.9 Å². The summed E-state index contributed by atoms with van der Waals surface area (Å²) >= 11 is 1.65. The first-order valence-corrected chi connectivity index (χ1v) is 7.88. The Bertz CT molecular complexity index is 482. The summed E-state index contributed by atoms with van der Waals surface area (Å²) in [6.45, 7) is 5.33. The Morgan fingerprint density at radius 3 is 2.80 bits per heavy atom. The highest BCUT2D eigenvalue weighted by Gasteiger charge is 2.08. The highest BCUT2D eigenvalue weighted by Crippen LogP contribution is 2.27. The Hall–Kier alpha value is -1.67. The molecule has 0 bridgehead atoms. The van der Waals surface area contributed by atoms with Crippen LogP contribution in [0.3, 0.4) is 0 Å². The van der Waals surface area contributed by atoms with Crippen LogP contribution < -0.4 is 10.6 Å². The third-order valence-corrected chi connectivity index (χ3v) is 3.62. The van der Waals surface area contributed by atoms with Gasteiger partial charge >= 0.3 is 0 Å². The van der Waals surface area contributed by atoms with Gasteiger partial charge in [0.1, 0.15) is 6.07 Å². The minimum atomic E-state index is 0.0388. The Labute approximate surface area is 124 Å². The number of thioether (sulfide) groups is 1. The number of nitriles is 1. The van der Waals surface area contributed by atoms with Crippen LogP contribution in [0.15, 0.2) is 23.1 Å². The summed E-state index contributed by atoms with van der Waals surface area (Å²) in [6, 6.07) is 7.99. The molecule has 1 aromatic carbocycles. The average molecular weight is 291 g/mol. The molecule has 0 saturated carbocycles. The molecule has 0 aliphatic carbocycles. The van der Waals surface area contributed by atoms with Gasteiger partial charge in [0.05, 0.1) is 11.3 Å². The maximum absolute atomic E-state index is 11.5. The van der Waals surface area contributed by atoms with E-state index >= 15 is 0 Å². The zero-order chi connectivity index (χ0) is 14.8. The number of benzene rings is 1. The molecule has 4 nitrogen and oxygen atoms in total. The van der Waals surface area contributed by atoms with Crippen molar-refractivity contribution >= 4 is 23.4 Å². The summed E-state index contributed by atoms with van der Waals surface area (Å²) in [4.78, 5) is 12.5. The van der Waals surface area contributed by atoms with Crippen molar-refractivity contribution < 1.29 is 4.79 Å². The second kappa shape index (κ2) is 9.27. The standard InChI is InChI=1S/C15H21N3OS/c1-3-9-18-15(19)8-10-17-13-6-5-7-14(20-4-2)12(13)11-16/h5-7,17H,3-4,8-10H2,1-2H3,(H,18,19). The van der Waals surface area contributed by atoms with Crippen LogP contribution in [0.1, 0.15) is 32.3 Å². The zero-order valence-electron chi connectivity index (χ0n) is 12.0. The largest absolute Gasteiger partial charge is 0.383 e. The van der Waals surface area contributed by atoms with Gasteiger partial charge in [0.2, 0.25) is 5.91 Å². The summed E-state index contributed by atoms with van der Waals surface area (Å²) in [5.41, 5.74) is 1.46. The van der Waals surface area contributed by atoms with Gasteiger partial charge in [-0.05, 0) is 24.3 Å². The maximum atomic E-state index is 11.5. The van der Waals surface area contributed by atoms with E-state index in [4.69, 9.17) is 0 Å². The first-order chi connectivity index (χ1) is 9.72. The molecule has 0 aliphatic rings. The minimum Gasteiger partial charge on any atom is -0.383 e. The van der Waals surface area contributed by atoms with Crippen molar-refractivity contribution in [2.24, 2.45) is 0 Å². The molecule has 20 heavy (non-hydrogen) atoms. The number of nitrogens with one attached hydrogen (secondary N) is 2. The lowest BCUT2D eigenvalue weighted by molar-refractivity contribution is -0.120. The summed E-state index contributed by atoms with van der Waals surface area (Å²) in [7, 11) is 0. The molecule has 5 heteroatoms. The normalized spacial score (nSPS) is 9.85. The van der Waals surface area contributed by atoms with E-state index in [9.17, 15) is 10.1 Å². The molecule has 2 N–H and O–H groups in total. The third-order valence-electron chi connectivity index (χ3n) is 2.68. The quantitative estimate of drug-likeness (QED) is 0.723. The molecule has 0 aliphatic heterocycles. The molecule has 0 atom stereocenters. The second-order valence-corrected chi connectivity index (χ2v) is 5.56. The minimum absolute atomic E-state index is 0.0388. The lowest BCUT2D eigenvalue weighted by Crippen LogP contribution is -2.25. The van der Waals surface area contributed by atoms with Gasteiger partial charge in [-0.15, -0.1) is 11.8 Å². The van der Waals surface area contributed by atoms with E-state index in [-0.39, 0.29) is 5.91 Å². The number of rotatable bonds is 8. The van der Waals surface area contributed by atoms with Gasteiger partial charge in [-0.3, -0.25) is 4.79 Å². The van der Waals surface area contributed by atoms with Crippen LogP contribution in [-0.2, 0) is 4.79 Å². The molecule has 1 rings (SSSR count). The van der Waals surface area contributed by atoms with E-state index in [2.05, 4.69) is 23.6 Å². The Balaban J connectivity index is 2.58. The molecule has 1 aromatic rings. The fourth-order valence-electron chi connectivity index (χ4n) is 1.73. The van der Waals surface area contributed by atoms with E-state index in [1.54, 1.807) is 11.8 Å². The molecular formula is C15H21N3OS. The molecular weight excluding hydrogens is 270 g/mol. The number of hydrogen-bond acceptors (Lipinski definition) is 4. The summed E-state index contributed by atoms with van der Waals surface area (Å²) < 4.78 is 0. The van der Waals surface area contributed by atoms with Crippen LogP contribution in [-0.4, -0.2) is 24.7 Å². The van der Waals surface area contributed by atoms with Crippen molar-refractivity contribution in [1.82, 2.24) is 5.32 Å². The van der Waals surface area contributed by atoms with Crippen LogP contribution in [0, 0.1) is 11.3 Å². The number of carbonyl (C=O) groups is 1. The third kappa shape index (κ3) is 5.14. The van der Waals surface area contributed by atoms with Crippen LogP contribution in [0.25, 0.3) is 0 Å². The van der Waals surface area contributed by atoms with Crippen molar-refractivity contribution in [3.63, 3.8) is 0 Å². The monoisotopic (exact) mass is 291 g/mol. The van der Waals surface area contributed by atoms with E-state index in [1.165, 1.54) is 0 Å². The molecule has 0 aromatic heterocycles. The number of anilines is 1. The molecule has 0 unspecified atom stereocenters. The smallest absolute Gasteiger partial charge is 0.221 e. The predicted molar refractivity (Wildman–Crippen MR) is 84.0 cm³/mol. The Kier molecular flexibility index (Phi) is 7.59. The highest BCUT2D eigenvalue weighted by molar-refractivity contribution is 7.99. The molecule has 0 radical (unpaired) electrons. The first kappa shape index (κ1) is 16.4. The van der Waals surface area contributed by atoms with Gasteiger partial charge < -0.3 is 10.6 Å². The van der Waals surface area contributed by atoms with Crippen molar-refractivity contribution in [3.8, 4) is 6.07 Å². The van der Waals surface area contributed by atoms with Crippen LogP contribution >= 0.6 is 11.8 Å². The molecule has 108 valence electrons. The highest BCUT2D eigenvalue weighted by atomic mass is 32.2.